The molecule has 23 heavy (non-hydrogen) atoms. The van der Waals surface area contributed by atoms with Crippen LogP contribution in [0.3, 0.4) is 0 Å². The third-order valence-corrected chi connectivity index (χ3v) is 4.49. The maximum atomic E-state index is 12.1. The Labute approximate surface area is 151 Å². The van der Waals surface area contributed by atoms with E-state index in [4.69, 9.17) is 35.4 Å². The average Bonchev–Trinajstić information content (AvgIpc) is 2.88. The minimum absolute atomic E-state index is 0.167. The van der Waals surface area contributed by atoms with Crippen molar-refractivity contribution in [3.05, 3.63) is 58.1 Å². The summed E-state index contributed by atoms with van der Waals surface area (Å²) in [5.74, 6) is -0.339. The SMILES string of the molecule is O=C(NC(=S)Nc1nc2ccc(Cl)cc2s1)c1cccc(Cl)c1. The quantitative estimate of drug-likeness (QED) is 0.630. The van der Waals surface area contributed by atoms with Crippen LogP contribution >= 0.6 is 46.8 Å². The lowest BCUT2D eigenvalue weighted by Gasteiger charge is -2.07. The van der Waals surface area contributed by atoms with E-state index in [-0.39, 0.29) is 11.0 Å². The highest BCUT2D eigenvalue weighted by Crippen LogP contribution is 2.28. The van der Waals surface area contributed by atoms with Crippen LogP contribution in [0, 0.1) is 0 Å². The highest BCUT2D eigenvalue weighted by atomic mass is 35.5. The molecule has 8 heteroatoms. The molecule has 0 fully saturated rings. The maximum Gasteiger partial charge on any atom is 0.257 e. The van der Waals surface area contributed by atoms with Crippen LogP contribution in [0.5, 0.6) is 0 Å². The first-order valence-electron chi connectivity index (χ1n) is 6.45. The van der Waals surface area contributed by atoms with E-state index in [1.54, 1.807) is 30.3 Å². The van der Waals surface area contributed by atoms with Crippen molar-refractivity contribution in [3.8, 4) is 0 Å². The van der Waals surface area contributed by atoms with Gasteiger partial charge >= 0.3 is 0 Å². The van der Waals surface area contributed by atoms with Crippen LogP contribution in [0.1, 0.15) is 10.4 Å². The fraction of sp³-hybridized carbons (Fsp3) is 0. The van der Waals surface area contributed by atoms with Crippen LogP contribution in [0.15, 0.2) is 42.5 Å². The summed E-state index contributed by atoms with van der Waals surface area (Å²) in [5.41, 5.74) is 1.24. The fourth-order valence-electron chi connectivity index (χ4n) is 1.89. The number of nitrogens with one attached hydrogen (secondary N) is 2. The Bertz CT molecular complexity index is 911. The van der Waals surface area contributed by atoms with Crippen molar-refractivity contribution < 1.29 is 4.79 Å². The monoisotopic (exact) mass is 381 g/mol. The molecule has 1 amide bonds. The number of fused-ring (bicyclic) bond motifs is 1. The van der Waals surface area contributed by atoms with E-state index in [0.29, 0.717) is 20.7 Å². The first kappa shape index (κ1) is 16.1. The van der Waals surface area contributed by atoms with Gasteiger partial charge in [-0.25, -0.2) is 4.98 Å². The number of nitrogens with zero attached hydrogens (tertiary/aromatic N) is 1. The number of anilines is 1. The van der Waals surface area contributed by atoms with Crippen molar-refractivity contribution in [1.82, 2.24) is 10.3 Å². The summed E-state index contributed by atoms with van der Waals surface area (Å²) in [6.07, 6.45) is 0. The van der Waals surface area contributed by atoms with E-state index >= 15 is 0 Å². The van der Waals surface area contributed by atoms with E-state index in [1.807, 2.05) is 12.1 Å². The Morgan fingerprint density at radius 3 is 2.70 bits per heavy atom. The minimum atomic E-state index is -0.339. The van der Waals surface area contributed by atoms with Gasteiger partial charge in [0.05, 0.1) is 10.2 Å². The van der Waals surface area contributed by atoms with Crippen molar-refractivity contribution in [3.63, 3.8) is 0 Å². The molecule has 0 saturated heterocycles. The lowest BCUT2D eigenvalue weighted by atomic mass is 10.2. The molecule has 3 aromatic rings. The van der Waals surface area contributed by atoms with Gasteiger partial charge in [-0.15, -0.1) is 0 Å². The van der Waals surface area contributed by atoms with Crippen molar-refractivity contribution in [1.29, 1.82) is 0 Å². The molecular formula is C15H9Cl2N3OS2. The second kappa shape index (κ2) is 6.80. The van der Waals surface area contributed by atoms with Gasteiger partial charge in [-0.05, 0) is 48.6 Å². The molecule has 0 saturated carbocycles. The van der Waals surface area contributed by atoms with Crippen LogP contribution in [-0.4, -0.2) is 16.0 Å². The maximum absolute atomic E-state index is 12.1. The van der Waals surface area contributed by atoms with E-state index < -0.39 is 0 Å². The van der Waals surface area contributed by atoms with Crippen LogP contribution < -0.4 is 10.6 Å². The molecule has 1 heterocycles. The third kappa shape index (κ3) is 3.97. The minimum Gasteiger partial charge on any atom is -0.308 e. The van der Waals surface area contributed by atoms with Crippen molar-refractivity contribution >= 4 is 73.1 Å². The first-order valence-corrected chi connectivity index (χ1v) is 8.43. The molecule has 116 valence electrons. The molecule has 0 bridgehead atoms. The number of aromatic nitrogens is 1. The lowest BCUT2D eigenvalue weighted by Crippen LogP contribution is -2.34. The van der Waals surface area contributed by atoms with Gasteiger partial charge in [0.15, 0.2) is 10.2 Å². The number of carbonyl (C=O) groups excluding carboxylic acids is 1. The molecule has 0 aliphatic rings. The highest BCUT2D eigenvalue weighted by Gasteiger charge is 2.10. The summed E-state index contributed by atoms with van der Waals surface area (Å²) in [7, 11) is 0. The Morgan fingerprint density at radius 2 is 1.91 bits per heavy atom. The third-order valence-electron chi connectivity index (χ3n) is 2.88. The Kier molecular flexibility index (Phi) is 4.77. The summed E-state index contributed by atoms with van der Waals surface area (Å²) in [6, 6.07) is 12.0. The van der Waals surface area contributed by atoms with Gasteiger partial charge in [-0.1, -0.05) is 40.6 Å². The van der Waals surface area contributed by atoms with E-state index in [9.17, 15) is 4.79 Å². The van der Waals surface area contributed by atoms with Gasteiger partial charge in [0.2, 0.25) is 0 Å². The Hall–Kier alpha value is -1.73. The predicted molar refractivity (Wildman–Crippen MR) is 99.8 cm³/mol. The summed E-state index contributed by atoms with van der Waals surface area (Å²) < 4.78 is 0.934. The summed E-state index contributed by atoms with van der Waals surface area (Å²) in [5, 5.41) is 7.37. The predicted octanol–water partition coefficient (Wildman–Crippen LogP) is 4.73. The van der Waals surface area contributed by atoms with Gasteiger partial charge in [-0.2, -0.15) is 0 Å². The molecule has 0 aliphatic carbocycles. The van der Waals surface area contributed by atoms with Crippen LogP contribution in [0.25, 0.3) is 10.2 Å². The zero-order chi connectivity index (χ0) is 16.4. The molecule has 0 atom stereocenters. The number of halogens is 2. The van der Waals surface area contributed by atoms with Crippen molar-refractivity contribution in [2.75, 3.05) is 5.32 Å². The molecular weight excluding hydrogens is 373 g/mol. The Morgan fingerprint density at radius 1 is 1.13 bits per heavy atom. The van der Waals surface area contributed by atoms with E-state index in [2.05, 4.69) is 15.6 Å². The molecule has 0 spiro atoms. The number of hydrogen-bond donors (Lipinski definition) is 2. The zero-order valence-corrected chi connectivity index (χ0v) is 14.6. The molecule has 2 N–H and O–H groups in total. The van der Waals surface area contributed by atoms with E-state index in [0.717, 1.165) is 10.2 Å². The largest absolute Gasteiger partial charge is 0.308 e. The normalized spacial score (nSPS) is 10.5. The molecule has 3 rings (SSSR count). The smallest absolute Gasteiger partial charge is 0.257 e. The molecule has 0 aliphatic heterocycles. The van der Waals surface area contributed by atoms with Crippen LogP contribution in [-0.2, 0) is 0 Å². The van der Waals surface area contributed by atoms with Crippen LogP contribution in [0.2, 0.25) is 10.0 Å². The molecule has 1 aromatic heterocycles. The highest BCUT2D eigenvalue weighted by molar-refractivity contribution is 7.80. The number of benzene rings is 2. The number of hydrogen-bond acceptors (Lipinski definition) is 4. The number of carbonyl (C=O) groups is 1. The molecule has 2 aromatic carbocycles. The lowest BCUT2D eigenvalue weighted by molar-refractivity contribution is 0.0977. The standard InChI is InChI=1S/C15H9Cl2N3OS2/c16-9-3-1-2-8(6-9)13(21)19-14(22)20-15-18-11-5-4-10(17)7-12(11)23-15/h1-7H,(H2,18,19,20,21,22). The topological polar surface area (TPSA) is 54.0 Å². The van der Waals surface area contributed by atoms with Crippen molar-refractivity contribution in [2.24, 2.45) is 0 Å². The van der Waals surface area contributed by atoms with Gasteiger partial charge in [0, 0.05) is 15.6 Å². The average molecular weight is 382 g/mol. The summed E-state index contributed by atoms with van der Waals surface area (Å²) in [6.45, 7) is 0. The Balaban J connectivity index is 1.69. The number of rotatable bonds is 2. The summed E-state index contributed by atoms with van der Waals surface area (Å²) in [4.78, 5) is 16.5. The van der Waals surface area contributed by atoms with Gasteiger partial charge < -0.3 is 5.32 Å². The fourth-order valence-corrected chi connectivity index (χ4v) is 3.48. The molecule has 0 radical (unpaired) electrons. The van der Waals surface area contributed by atoms with Gasteiger partial charge in [0.25, 0.3) is 5.91 Å². The van der Waals surface area contributed by atoms with Crippen LogP contribution in [0.4, 0.5) is 5.13 Å². The van der Waals surface area contributed by atoms with Crippen molar-refractivity contribution in [2.45, 2.75) is 0 Å². The second-order valence-electron chi connectivity index (χ2n) is 4.55. The molecule has 4 nitrogen and oxygen atoms in total. The number of thiazole rings is 1. The first-order chi connectivity index (χ1) is 11.0. The molecule has 0 unspecified atom stereocenters. The summed E-state index contributed by atoms with van der Waals surface area (Å²) >= 11 is 18.4. The number of amides is 1. The van der Waals surface area contributed by atoms with Gasteiger partial charge in [-0.3, -0.25) is 10.1 Å². The second-order valence-corrected chi connectivity index (χ2v) is 6.86. The number of thiocarbonyl (C=S) groups is 1. The van der Waals surface area contributed by atoms with Gasteiger partial charge in [0.1, 0.15) is 0 Å². The van der Waals surface area contributed by atoms with E-state index in [1.165, 1.54) is 11.3 Å². The zero-order valence-electron chi connectivity index (χ0n) is 11.5.